The number of carbonyl (C=O) groups excluding carboxylic acids is 2. The first-order chi connectivity index (χ1) is 12.2. The Morgan fingerprint density at radius 1 is 1.38 bits per heavy atom. The van der Waals surface area contributed by atoms with Crippen LogP contribution in [-0.4, -0.2) is 53.4 Å². The van der Waals surface area contributed by atoms with E-state index in [-0.39, 0.29) is 19.0 Å². The van der Waals surface area contributed by atoms with Crippen molar-refractivity contribution in [2.75, 3.05) is 25.1 Å². The fourth-order valence-corrected chi connectivity index (χ4v) is 2.50. The number of hydrogen-bond donors (Lipinski definition) is 3. The van der Waals surface area contributed by atoms with Crippen molar-refractivity contribution in [3.63, 3.8) is 0 Å². The van der Waals surface area contributed by atoms with Crippen LogP contribution in [0.1, 0.15) is 27.2 Å². The van der Waals surface area contributed by atoms with Gasteiger partial charge in [0.1, 0.15) is 17.6 Å². The maximum Gasteiger partial charge on any atom is 0.410 e. The third-order valence-electron chi connectivity index (χ3n) is 3.82. The Labute approximate surface area is 152 Å². The molecule has 0 saturated carbocycles. The first-order valence-corrected chi connectivity index (χ1v) is 8.57. The first-order valence-electron chi connectivity index (χ1n) is 8.57. The van der Waals surface area contributed by atoms with Crippen LogP contribution in [0.15, 0.2) is 24.4 Å². The minimum absolute atomic E-state index is 0.0327. The standard InChI is InChI=1S/C17H26FN5O3/c1-17(2,3)26-16(25)23-9-7-12(13(18)11-23)10-20-15(24)22-21-14-6-4-5-8-19-14/h4-6,8,12-13H,7,9-11H2,1-3H3,(H,19,21)(H2,20,22,24)/t12-,13-/m1/s1. The molecule has 3 amide bonds. The molecule has 1 aliphatic heterocycles. The second-order valence-electron chi connectivity index (χ2n) is 7.17. The van der Waals surface area contributed by atoms with E-state index in [1.807, 2.05) is 0 Å². The number of nitrogens with zero attached hydrogens (tertiary/aromatic N) is 2. The lowest BCUT2D eigenvalue weighted by molar-refractivity contribution is 0.00572. The average Bonchev–Trinajstić information content (AvgIpc) is 2.58. The van der Waals surface area contributed by atoms with Crippen LogP contribution in [0.2, 0.25) is 0 Å². The summed E-state index contributed by atoms with van der Waals surface area (Å²) in [7, 11) is 0. The van der Waals surface area contributed by atoms with Crippen LogP contribution in [-0.2, 0) is 4.74 Å². The molecule has 0 unspecified atom stereocenters. The number of pyridine rings is 1. The molecule has 0 radical (unpaired) electrons. The van der Waals surface area contributed by atoms with Gasteiger partial charge in [-0.25, -0.2) is 19.0 Å². The third-order valence-corrected chi connectivity index (χ3v) is 3.82. The highest BCUT2D eigenvalue weighted by Gasteiger charge is 2.33. The van der Waals surface area contributed by atoms with Crippen molar-refractivity contribution in [3.05, 3.63) is 24.4 Å². The zero-order valence-corrected chi connectivity index (χ0v) is 15.3. The van der Waals surface area contributed by atoms with E-state index in [2.05, 4.69) is 21.2 Å². The van der Waals surface area contributed by atoms with E-state index in [1.54, 1.807) is 45.2 Å². The number of piperidine rings is 1. The second-order valence-corrected chi connectivity index (χ2v) is 7.17. The van der Waals surface area contributed by atoms with E-state index in [9.17, 15) is 14.0 Å². The van der Waals surface area contributed by atoms with Crippen LogP contribution >= 0.6 is 0 Å². The summed E-state index contributed by atoms with van der Waals surface area (Å²) in [6, 6.07) is 4.76. The molecule has 0 bridgehead atoms. The van der Waals surface area contributed by atoms with Crippen LogP contribution in [0.5, 0.6) is 0 Å². The van der Waals surface area contributed by atoms with Gasteiger partial charge in [0.2, 0.25) is 0 Å². The number of amides is 3. The number of hydrogen-bond acceptors (Lipinski definition) is 5. The van der Waals surface area contributed by atoms with Gasteiger partial charge in [-0.15, -0.1) is 0 Å². The van der Waals surface area contributed by atoms with E-state index in [4.69, 9.17) is 4.74 Å². The quantitative estimate of drug-likeness (QED) is 0.710. The highest BCUT2D eigenvalue weighted by Crippen LogP contribution is 2.22. The third kappa shape index (κ3) is 6.38. The summed E-state index contributed by atoms with van der Waals surface area (Å²) < 4.78 is 19.6. The summed E-state index contributed by atoms with van der Waals surface area (Å²) in [6.07, 6.45) is 0.312. The van der Waals surface area contributed by atoms with Crippen molar-refractivity contribution < 1.29 is 18.7 Å². The zero-order chi connectivity index (χ0) is 19.2. The Hall–Kier alpha value is -2.58. The van der Waals surface area contributed by atoms with E-state index < -0.39 is 23.9 Å². The molecule has 0 aromatic carbocycles. The first kappa shape index (κ1) is 19.7. The maximum absolute atomic E-state index is 14.3. The van der Waals surface area contributed by atoms with Crippen LogP contribution in [0.25, 0.3) is 0 Å². The molecule has 1 saturated heterocycles. The molecular formula is C17H26FN5O3. The highest BCUT2D eigenvalue weighted by atomic mass is 19.1. The molecule has 1 aromatic heterocycles. The average molecular weight is 367 g/mol. The second kappa shape index (κ2) is 8.68. The summed E-state index contributed by atoms with van der Waals surface area (Å²) in [5, 5.41) is 2.62. The minimum Gasteiger partial charge on any atom is -0.444 e. The van der Waals surface area contributed by atoms with Crippen molar-refractivity contribution in [2.45, 2.75) is 39.0 Å². The Morgan fingerprint density at radius 3 is 2.77 bits per heavy atom. The number of urea groups is 1. The van der Waals surface area contributed by atoms with E-state index in [1.165, 1.54) is 4.90 Å². The zero-order valence-electron chi connectivity index (χ0n) is 15.3. The van der Waals surface area contributed by atoms with Crippen molar-refractivity contribution in [2.24, 2.45) is 5.92 Å². The number of hydrazine groups is 1. The Bertz CT molecular complexity index is 608. The lowest BCUT2D eigenvalue weighted by Crippen LogP contribution is -2.50. The smallest absolute Gasteiger partial charge is 0.410 e. The predicted octanol–water partition coefficient (Wildman–Crippen LogP) is 2.30. The minimum atomic E-state index is -1.22. The van der Waals surface area contributed by atoms with E-state index in [0.717, 1.165) is 0 Å². The number of anilines is 1. The molecule has 3 N–H and O–H groups in total. The fourth-order valence-electron chi connectivity index (χ4n) is 2.50. The van der Waals surface area contributed by atoms with Gasteiger partial charge in [-0.2, -0.15) is 0 Å². The van der Waals surface area contributed by atoms with Crippen LogP contribution in [0.3, 0.4) is 0 Å². The Kier molecular flexibility index (Phi) is 6.59. The Morgan fingerprint density at radius 2 is 2.15 bits per heavy atom. The van der Waals surface area contributed by atoms with Gasteiger partial charge < -0.3 is 15.0 Å². The molecule has 8 nitrogen and oxygen atoms in total. The number of halogens is 1. The van der Waals surface area contributed by atoms with Crippen molar-refractivity contribution in [1.29, 1.82) is 0 Å². The number of rotatable bonds is 4. The van der Waals surface area contributed by atoms with Gasteiger partial charge in [-0.3, -0.25) is 10.9 Å². The normalized spacial score (nSPS) is 20.2. The highest BCUT2D eigenvalue weighted by molar-refractivity contribution is 5.75. The van der Waals surface area contributed by atoms with Crippen LogP contribution in [0, 0.1) is 5.92 Å². The van der Waals surface area contributed by atoms with Gasteiger partial charge in [0.05, 0.1) is 6.54 Å². The number of alkyl halides is 1. The van der Waals surface area contributed by atoms with Gasteiger partial charge in [-0.1, -0.05) is 6.07 Å². The molecule has 0 spiro atoms. The number of likely N-dealkylation sites (tertiary alicyclic amines) is 1. The molecular weight excluding hydrogens is 341 g/mol. The van der Waals surface area contributed by atoms with E-state index >= 15 is 0 Å². The number of carbonyl (C=O) groups is 2. The lowest BCUT2D eigenvalue weighted by atomic mass is 9.95. The molecule has 1 aliphatic rings. The molecule has 1 fully saturated rings. The van der Waals surface area contributed by atoms with Crippen molar-refractivity contribution >= 4 is 17.9 Å². The molecule has 9 heteroatoms. The summed E-state index contributed by atoms with van der Waals surface area (Å²) >= 11 is 0. The molecule has 0 aliphatic carbocycles. The van der Waals surface area contributed by atoms with Crippen LogP contribution in [0.4, 0.5) is 19.8 Å². The summed E-state index contributed by atoms with van der Waals surface area (Å²) in [4.78, 5) is 29.1. The fraction of sp³-hybridized carbons (Fsp3) is 0.588. The molecule has 2 rings (SSSR count). The number of ether oxygens (including phenoxy) is 1. The predicted molar refractivity (Wildman–Crippen MR) is 95.2 cm³/mol. The number of aromatic nitrogens is 1. The molecule has 2 atom stereocenters. The summed E-state index contributed by atoms with van der Waals surface area (Å²) in [6.45, 7) is 5.86. The Balaban J connectivity index is 1.71. The molecule has 1 aromatic rings. The summed E-state index contributed by atoms with van der Waals surface area (Å²) in [5.74, 6) is 0.144. The summed E-state index contributed by atoms with van der Waals surface area (Å²) in [5.41, 5.74) is 4.48. The van der Waals surface area contributed by atoms with Gasteiger partial charge in [0, 0.05) is 25.2 Å². The van der Waals surface area contributed by atoms with Crippen molar-refractivity contribution in [3.8, 4) is 0 Å². The molecule has 26 heavy (non-hydrogen) atoms. The van der Waals surface area contributed by atoms with Crippen molar-refractivity contribution in [1.82, 2.24) is 20.6 Å². The van der Waals surface area contributed by atoms with Crippen LogP contribution < -0.4 is 16.2 Å². The van der Waals surface area contributed by atoms with E-state index in [0.29, 0.717) is 18.8 Å². The van der Waals surface area contributed by atoms with Gasteiger partial charge in [0.25, 0.3) is 0 Å². The lowest BCUT2D eigenvalue weighted by Gasteiger charge is -2.35. The monoisotopic (exact) mass is 367 g/mol. The van der Waals surface area contributed by atoms with Gasteiger partial charge in [0.15, 0.2) is 0 Å². The van der Waals surface area contributed by atoms with Gasteiger partial charge >= 0.3 is 12.1 Å². The number of nitrogens with one attached hydrogen (secondary N) is 3. The molecule has 2 heterocycles. The van der Waals surface area contributed by atoms with Gasteiger partial charge in [-0.05, 0) is 39.3 Å². The topological polar surface area (TPSA) is 95.6 Å². The maximum atomic E-state index is 14.3. The molecule has 144 valence electrons. The SMILES string of the molecule is CC(C)(C)OC(=O)N1CC[C@H](CNC(=O)NNc2ccccn2)[C@H](F)C1. The largest absolute Gasteiger partial charge is 0.444 e.